The smallest absolute Gasteiger partial charge is 0.450 e. The lowest BCUT2D eigenvalue weighted by atomic mass is 10.2. The Balaban J connectivity index is 1.67. The van der Waals surface area contributed by atoms with Crippen molar-refractivity contribution in [3.8, 4) is 11.4 Å². The Morgan fingerprint density at radius 3 is 2.26 bits per heavy atom. The van der Waals surface area contributed by atoms with Crippen LogP contribution in [-0.2, 0) is 12.7 Å². The monoisotopic (exact) mass is 433 g/mol. The van der Waals surface area contributed by atoms with Crippen molar-refractivity contribution < 1.29 is 26.7 Å². The second-order valence-corrected chi connectivity index (χ2v) is 6.72. The summed E-state index contributed by atoms with van der Waals surface area (Å²) >= 11 is 0. The average Bonchev–Trinajstić information content (AvgIpc) is 3.13. The summed E-state index contributed by atoms with van der Waals surface area (Å²) in [4.78, 5) is 3.75. The minimum atomic E-state index is -4.68. The molecule has 1 aromatic heterocycles. The molecule has 9 heteroatoms. The summed E-state index contributed by atoms with van der Waals surface area (Å²) < 4.78 is 74.4. The molecular formula is C22H16F5N3O. The first-order valence-electron chi connectivity index (χ1n) is 9.19. The lowest BCUT2D eigenvalue weighted by Gasteiger charge is -2.13. The topological polar surface area (TPSA) is 39.1 Å². The number of imidazole rings is 1. The first-order valence-corrected chi connectivity index (χ1v) is 9.19. The molecule has 0 atom stereocenters. The first kappa shape index (κ1) is 20.6. The molecule has 0 fully saturated rings. The van der Waals surface area contributed by atoms with Crippen LogP contribution in [-0.4, -0.2) is 16.7 Å². The fourth-order valence-corrected chi connectivity index (χ4v) is 3.26. The van der Waals surface area contributed by atoms with Gasteiger partial charge in [0.25, 0.3) is 0 Å². The lowest BCUT2D eigenvalue weighted by Crippen LogP contribution is -2.13. The van der Waals surface area contributed by atoms with Crippen molar-refractivity contribution in [2.75, 3.05) is 12.4 Å². The molecule has 1 N–H and O–H groups in total. The first-order chi connectivity index (χ1) is 14.8. The largest absolute Gasteiger partial charge is 0.497 e. The molecule has 160 valence electrons. The number of benzene rings is 3. The number of hydrogen-bond donors (Lipinski definition) is 1. The molecule has 3 aromatic carbocycles. The molecule has 4 nitrogen and oxygen atoms in total. The normalized spacial score (nSPS) is 11.7. The number of nitrogens with one attached hydrogen (secondary N) is 1. The summed E-state index contributed by atoms with van der Waals surface area (Å²) in [7, 11) is 1.42. The molecule has 0 saturated carbocycles. The van der Waals surface area contributed by atoms with Crippen LogP contribution >= 0.6 is 0 Å². The van der Waals surface area contributed by atoms with Gasteiger partial charge in [0, 0.05) is 29.5 Å². The molecule has 0 amide bonds. The van der Waals surface area contributed by atoms with Crippen molar-refractivity contribution in [2.45, 2.75) is 12.7 Å². The van der Waals surface area contributed by atoms with Crippen LogP contribution in [0.4, 0.5) is 27.6 Å². The van der Waals surface area contributed by atoms with Gasteiger partial charge in [-0.2, -0.15) is 13.2 Å². The summed E-state index contributed by atoms with van der Waals surface area (Å²) in [6, 6.07) is 14.1. The van der Waals surface area contributed by atoms with Gasteiger partial charge in [0.1, 0.15) is 17.4 Å². The SMILES string of the molecule is COc1ccc2c(c1)nc(C(F)(F)F)n2-c1ccc(NCc2c(F)cccc2F)cc1. The molecule has 0 spiro atoms. The van der Waals surface area contributed by atoms with Gasteiger partial charge in [0.15, 0.2) is 0 Å². The Hall–Kier alpha value is -3.62. The van der Waals surface area contributed by atoms with Gasteiger partial charge in [0.2, 0.25) is 5.82 Å². The zero-order valence-corrected chi connectivity index (χ0v) is 16.2. The number of halogens is 5. The number of methoxy groups -OCH3 is 1. The van der Waals surface area contributed by atoms with Crippen LogP contribution < -0.4 is 10.1 Å². The minimum absolute atomic E-state index is 0.112. The summed E-state index contributed by atoms with van der Waals surface area (Å²) in [6.45, 7) is -0.112. The molecule has 31 heavy (non-hydrogen) atoms. The third-order valence-electron chi connectivity index (χ3n) is 4.77. The maximum Gasteiger partial charge on any atom is 0.450 e. The number of nitrogens with zero attached hydrogens (tertiary/aromatic N) is 2. The molecule has 0 aliphatic carbocycles. The molecule has 0 bridgehead atoms. The molecule has 0 aliphatic rings. The van der Waals surface area contributed by atoms with Gasteiger partial charge in [-0.15, -0.1) is 0 Å². The molecular weight excluding hydrogens is 417 g/mol. The Labute approximate surface area is 173 Å². The fourth-order valence-electron chi connectivity index (χ4n) is 3.26. The van der Waals surface area contributed by atoms with Gasteiger partial charge in [-0.1, -0.05) is 6.07 Å². The van der Waals surface area contributed by atoms with Crippen molar-refractivity contribution in [3.63, 3.8) is 0 Å². The summed E-state index contributed by atoms with van der Waals surface area (Å²) in [6.07, 6.45) is -4.68. The van der Waals surface area contributed by atoms with E-state index in [9.17, 15) is 22.0 Å². The number of anilines is 1. The number of fused-ring (bicyclic) bond motifs is 1. The third kappa shape index (κ3) is 4.03. The van der Waals surface area contributed by atoms with E-state index in [2.05, 4.69) is 10.3 Å². The predicted octanol–water partition coefficient (Wildman–Crippen LogP) is 5.94. The average molecular weight is 433 g/mol. The summed E-state index contributed by atoms with van der Waals surface area (Å²) in [5.41, 5.74) is 1.01. The van der Waals surface area contributed by atoms with Crippen molar-refractivity contribution in [1.29, 1.82) is 0 Å². The number of alkyl halides is 3. The highest BCUT2D eigenvalue weighted by molar-refractivity contribution is 5.80. The highest BCUT2D eigenvalue weighted by atomic mass is 19.4. The van der Waals surface area contributed by atoms with Crippen LogP contribution in [0, 0.1) is 11.6 Å². The lowest BCUT2D eigenvalue weighted by molar-refractivity contribution is -0.145. The minimum Gasteiger partial charge on any atom is -0.497 e. The quantitative estimate of drug-likeness (QED) is 0.396. The van der Waals surface area contributed by atoms with E-state index in [1.165, 1.54) is 49.6 Å². The molecule has 0 radical (unpaired) electrons. The molecule has 0 saturated heterocycles. The highest BCUT2D eigenvalue weighted by Crippen LogP contribution is 2.35. The molecule has 0 unspecified atom stereocenters. The molecule has 1 heterocycles. The standard InChI is InChI=1S/C22H16F5N3O/c1-31-15-9-10-20-19(11-15)29-21(22(25,26)27)30(20)14-7-5-13(6-8-14)28-12-16-17(23)3-2-4-18(16)24/h2-11,28H,12H2,1H3. The van der Waals surface area contributed by atoms with Crippen LogP contribution in [0.25, 0.3) is 16.7 Å². The van der Waals surface area contributed by atoms with Crippen molar-refractivity contribution in [3.05, 3.63) is 83.7 Å². The van der Waals surface area contributed by atoms with Gasteiger partial charge in [0.05, 0.1) is 18.1 Å². The molecule has 4 rings (SSSR count). The van der Waals surface area contributed by atoms with Gasteiger partial charge in [-0.3, -0.25) is 4.57 Å². The Morgan fingerprint density at radius 2 is 1.65 bits per heavy atom. The Kier molecular flexibility index (Phi) is 5.26. The van der Waals surface area contributed by atoms with Gasteiger partial charge in [-0.25, -0.2) is 13.8 Å². The maximum absolute atomic E-state index is 13.8. The number of hydrogen-bond acceptors (Lipinski definition) is 3. The van der Waals surface area contributed by atoms with Crippen LogP contribution in [0.3, 0.4) is 0 Å². The van der Waals surface area contributed by atoms with E-state index in [0.717, 1.165) is 16.7 Å². The van der Waals surface area contributed by atoms with Crippen LogP contribution in [0.2, 0.25) is 0 Å². The van der Waals surface area contributed by atoms with E-state index in [-0.39, 0.29) is 28.8 Å². The summed E-state index contributed by atoms with van der Waals surface area (Å²) in [5, 5.41) is 2.87. The van der Waals surface area contributed by atoms with E-state index in [0.29, 0.717) is 11.4 Å². The van der Waals surface area contributed by atoms with Crippen molar-refractivity contribution >= 4 is 16.7 Å². The number of aromatic nitrogens is 2. The molecule has 4 aromatic rings. The van der Waals surface area contributed by atoms with E-state index < -0.39 is 23.6 Å². The van der Waals surface area contributed by atoms with E-state index >= 15 is 0 Å². The predicted molar refractivity (Wildman–Crippen MR) is 106 cm³/mol. The van der Waals surface area contributed by atoms with Crippen molar-refractivity contribution in [1.82, 2.24) is 9.55 Å². The number of rotatable bonds is 5. The zero-order valence-electron chi connectivity index (χ0n) is 16.2. The molecule has 0 aliphatic heterocycles. The van der Waals surface area contributed by atoms with E-state index in [4.69, 9.17) is 4.74 Å². The van der Waals surface area contributed by atoms with Gasteiger partial charge in [-0.05, 0) is 48.5 Å². The van der Waals surface area contributed by atoms with E-state index in [1.54, 1.807) is 6.07 Å². The Bertz CT molecular complexity index is 1210. The van der Waals surface area contributed by atoms with Gasteiger partial charge < -0.3 is 10.1 Å². The third-order valence-corrected chi connectivity index (χ3v) is 4.77. The maximum atomic E-state index is 13.8. The van der Waals surface area contributed by atoms with E-state index in [1.807, 2.05) is 0 Å². The number of ether oxygens (including phenoxy) is 1. The fraction of sp³-hybridized carbons (Fsp3) is 0.136. The summed E-state index contributed by atoms with van der Waals surface area (Å²) in [5.74, 6) is -2.03. The second kappa shape index (κ2) is 7.90. The van der Waals surface area contributed by atoms with Crippen LogP contribution in [0.15, 0.2) is 60.7 Å². The van der Waals surface area contributed by atoms with Crippen LogP contribution in [0.5, 0.6) is 5.75 Å². The van der Waals surface area contributed by atoms with Crippen molar-refractivity contribution in [2.24, 2.45) is 0 Å². The highest BCUT2D eigenvalue weighted by Gasteiger charge is 2.38. The van der Waals surface area contributed by atoms with Crippen LogP contribution in [0.1, 0.15) is 11.4 Å². The second-order valence-electron chi connectivity index (χ2n) is 6.72. The van der Waals surface area contributed by atoms with Gasteiger partial charge >= 0.3 is 6.18 Å². The Morgan fingerprint density at radius 1 is 0.968 bits per heavy atom. The zero-order chi connectivity index (χ0) is 22.2.